The van der Waals surface area contributed by atoms with Crippen LogP contribution in [0.4, 0.5) is 0 Å². The van der Waals surface area contributed by atoms with Gasteiger partial charge in [-0.3, -0.25) is 3.11 Å². The van der Waals surface area contributed by atoms with E-state index in [0.717, 1.165) is 37.8 Å². The molecule has 0 saturated heterocycles. The minimum absolute atomic E-state index is 0.762. The maximum absolute atomic E-state index is 5.88. The topological polar surface area (TPSA) is 22.2 Å². The summed E-state index contributed by atoms with van der Waals surface area (Å²) in [5.41, 5.74) is 1.37. The summed E-state index contributed by atoms with van der Waals surface area (Å²) in [5.74, 6) is 3.47. The number of allylic oxidation sites excluding steroid dienone is 1. The van der Waals surface area contributed by atoms with Crippen LogP contribution in [0.15, 0.2) is 23.2 Å². The van der Waals surface area contributed by atoms with Crippen LogP contribution in [0.25, 0.3) is 0 Å². The van der Waals surface area contributed by atoms with E-state index in [2.05, 4.69) is 61.8 Å². The normalized spacial score (nSPS) is 24.2. The molecule has 0 aromatic heterocycles. The lowest BCUT2D eigenvalue weighted by atomic mass is 10.1. The Morgan fingerprint density at radius 3 is 2.61 bits per heavy atom. The van der Waals surface area contributed by atoms with Gasteiger partial charge in [-0.1, -0.05) is 0 Å². The van der Waals surface area contributed by atoms with Gasteiger partial charge in [0.1, 0.15) is 12.4 Å². The van der Waals surface area contributed by atoms with E-state index in [-0.39, 0.29) is 0 Å². The first-order valence-corrected chi connectivity index (χ1v) is 7.30. The predicted molar refractivity (Wildman–Crippen MR) is 78.1 cm³/mol. The molecule has 3 rings (SSSR count). The molecule has 18 heavy (non-hydrogen) atoms. The van der Waals surface area contributed by atoms with Crippen molar-refractivity contribution in [3.63, 3.8) is 0 Å². The van der Waals surface area contributed by atoms with Crippen molar-refractivity contribution in [3.05, 3.63) is 23.2 Å². The summed E-state index contributed by atoms with van der Waals surface area (Å²) >= 11 is 2.37. The summed E-state index contributed by atoms with van der Waals surface area (Å²) in [6.07, 6.45) is 2.34. The number of ether oxygens (including phenoxy) is 1. The van der Waals surface area contributed by atoms with Gasteiger partial charge in [0.15, 0.2) is 5.82 Å². The Morgan fingerprint density at radius 1 is 1.06 bits per heavy atom. The highest BCUT2D eigenvalue weighted by Gasteiger charge is 2.37. The smallest absolute Gasteiger partial charge is 0.236 e. The first-order chi connectivity index (χ1) is 8.61. The Hall–Kier alpha value is -0.790. The second-order valence-electron chi connectivity index (χ2n) is 4.98. The second kappa shape index (κ2) is 4.40. The molecule has 6 heteroatoms. The minimum Gasteiger partial charge on any atom is -0.474 e. The van der Waals surface area contributed by atoms with E-state index >= 15 is 0 Å². The van der Waals surface area contributed by atoms with Gasteiger partial charge in [0.2, 0.25) is 5.88 Å². The van der Waals surface area contributed by atoms with Crippen LogP contribution in [-0.4, -0.2) is 58.7 Å². The molecule has 0 fully saturated rings. The highest BCUT2D eigenvalue weighted by Crippen LogP contribution is 2.38. The lowest BCUT2D eigenvalue weighted by Gasteiger charge is -2.47. The molecule has 0 radical (unpaired) electrons. The maximum atomic E-state index is 5.88. The first kappa shape index (κ1) is 12.3. The van der Waals surface area contributed by atoms with Gasteiger partial charge in [-0.2, -0.15) is 0 Å². The molecular formula is C12H19IN4O. The van der Waals surface area contributed by atoms with Crippen LogP contribution in [0, 0.1) is 0 Å². The molecule has 3 aliphatic heterocycles. The predicted octanol–water partition coefficient (Wildman–Crippen LogP) is 1.57. The molecule has 0 spiro atoms. The monoisotopic (exact) mass is 362 g/mol. The number of halogens is 1. The molecule has 0 amide bonds. The molecule has 0 N–H and O–H groups in total. The van der Waals surface area contributed by atoms with Gasteiger partial charge in [0.05, 0.1) is 35.1 Å². The molecule has 0 aromatic rings. The van der Waals surface area contributed by atoms with Gasteiger partial charge in [0, 0.05) is 27.7 Å². The Balaban J connectivity index is 2.06. The highest BCUT2D eigenvalue weighted by atomic mass is 127. The lowest BCUT2D eigenvalue weighted by molar-refractivity contribution is 0.0630. The van der Waals surface area contributed by atoms with E-state index < -0.39 is 0 Å². The van der Waals surface area contributed by atoms with Crippen LogP contribution in [0.3, 0.4) is 0 Å². The zero-order chi connectivity index (χ0) is 12.9. The van der Waals surface area contributed by atoms with Gasteiger partial charge in [-0.25, -0.2) is 0 Å². The Kier molecular flexibility index (Phi) is 2.99. The fourth-order valence-electron chi connectivity index (χ4n) is 2.96. The van der Waals surface area contributed by atoms with Crippen molar-refractivity contribution in [2.45, 2.75) is 12.8 Å². The van der Waals surface area contributed by atoms with Gasteiger partial charge in [0.25, 0.3) is 0 Å². The van der Waals surface area contributed by atoms with E-state index in [4.69, 9.17) is 4.74 Å². The van der Waals surface area contributed by atoms with Gasteiger partial charge in [-0.15, -0.1) is 0 Å². The zero-order valence-electron chi connectivity index (χ0n) is 11.1. The Morgan fingerprint density at radius 2 is 1.83 bits per heavy atom. The van der Waals surface area contributed by atoms with Crippen molar-refractivity contribution in [3.8, 4) is 0 Å². The van der Waals surface area contributed by atoms with E-state index in [1.54, 1.807) is 0 Å². The van der Waals surface area contributed by atoms with Crippen LogP contribution in [0.2, 0.25) is 0 Å². The summed E-state index contributed by atoms with van der Waals surface area (Å²) in [4.78, 5) is 6.85. The average Bonchev–Trinajstić information content (AvgIpc) is 2.35. The maximum Gasteiger partial charge on any atom is 0.236 e. The van der Waals surface area contributed by atoms with E-state index in [9.17, 15) is 0 Å². The molecule has 100 valence electrons. The quantitative estimate of drug-likeness (QED) is 0.481. The van der Waals surface area contributed by atoms with Crippen LogP contribution in [0.1, 0.15) is 12.8 Å². The SMILES string of the molecule is CN1CCCC2=C1N(C)C1=C(OCCN1I)N2C. The summed E-state index contributed by atoms with van der Waals surface area (Å²) < 4.78 is 8.13. The van der Waals surface area contributed by atoms with Gasteiger partial charge in [-0.05, 0) is 12.8 Å². The van der Waals surface area contributed by atoms with Crippen molar-refractivity contribution in [1.29, 1.82) is 0 Å². The summed E-state index contributed by atoms with van der Waals surface area (Å²) in [6, 6.07) is 0. The number of nitrogens with zero attached hydrogens (tertiary/aromatic N) is 4. The summed E-state index contributed by atoms with van der Waals surface area (Å²) in [7, 11) is 6.43. The summed E-state index contributed by atoms with van der Waals surface area (Å²) in [6.45, 7) is 2.82. The number of hydrogen-bond acceptors (Lipinski definition) is 5. The van der Waals surface area contributed by atoms with E-state index in [1.165, 1.54) is 17.9 Å². The van der Waals surface area contributed by atoms with E-state index in [0.29, 0.717) is 0 Å². The minimum atomic E-state index is 0.762. The molecule has 0 saturated carbocycles. The van der Waals surface area contributed by atoms with Crippen LogP contribution in [-0.2, 0) is 4.74 Å². The molecule has 0 bridgehead atoms. The fraction of sp³-hybridized carbons (Fsp3) is 0.667. The standard InChI is InChI=1S/C12H19IN4O/c1-14-6-4-5-9-10(14)16(3)11-12(15(9)2)18-8-7-17(11)13/h4-8H2,1-3H3. The van der Waals surface area contributed by atoms with Crippen LogP contribution in [0.5, 0.6) is 0 Å². The third-order valence-corrected chi connectivity index (χ3v) is 4.76. The lowest BCUT2D eigenvalue weighted by Crippen LogP contribution is -2.48. The Labute approximate surface area is 122 Å². The van der Waals surface area contributed by atoms with E-state index in [1.807, 2.05) is 0 Å². The summed E-state index contributed by atoms with van der Waals surface area (Å²) in [5, 5.41) is 0. The highest BCUT2D eigenvalue weighted by molar-refractivity contribution is 14.1. The average molecular weight is 362 g/mol. The first-order valence-electron chi connectivity index (χ1n) is 6.33. The zero-order valence-corrected chi connectivity index (χ0v) is 13.3. The van der Waals surface area contributed by atoms with Gasteiger partial charge < -0.3 is 19.4 Å². The molecule has 3 heterocycles. The van der Waals surface area contributed by atoms with Crippen molar-refractivity contribution >= 4 is 22.9 Å². The molecular weight excluding hydrogens is 343 g/mol. The van der Waals surface area contributed by atoms with Crippen molar-refractivity contribution in [2.24, 2.45) is 0 Å². The molecule has 3 aliphatic rings. The molecule has 5 nitrogen and oxygen atoms in total. The van der Waals surface area contributed by atoms with Crippen molar-refractivity contribution in [1.82, 2.24) is 17.8 Å². The second-order valence-corrected chi connectivity index (χ2v) is 6.14. The van der Waals surface area contributed by atoms with Gasteiger partial charge >= 0.3 is 0 Å². The van der Waals surface area contributed by atoms with Crippen molar-refractivity contribution in [2.75, 3.05) is 40.8 Å². The fourth-order valence-corrected chi connectivity index (χ4v) is 3.69. The number of rotatable bonds is 0. The largest absolute Gasteiger partial charge is 0.474 e. The third-order valence-electron chi connectivity index (χ3n) is 3.82. The molecule has 0 atom stereocenters. The number of hydrogen-bond donors (Lipinski definition) is 0. The van der Waals surface area contributed by atoms with Crippen LogP contribution < -0.4 is 0 Å². The molecule has 0 unspecified atom stereocenters. The van der Waals surface area contributed by atoms with Crippen molar-refractivity contribution < 1.29 is 4.74 Å². The third kappa shape index (κ3) is 1.64. The van der Waals surface area contributed by atoms with Crippen LogP contribution >= 0.6 is 22.9 Å². The Bertz CT molecular complexity index is 396. The molecule has 0 aromatic carbocycles. The molecule has 0 aliphatic carbocycles.